The van der Waals surface area contributed by atoms with Crippen LogP contribution in [-0.4, -0.2) is 16.7 Å². The monoisotopic (exact) mass is 546 g/mol. The smallest absolute Gasteiger partial charge is 0.291 e. The van der Waals surface area contributed by atoms with Gasteiger partial charge in [0.1, 0.15) is 5.58 Å². The Hall–Kier alpha value is -4.68. The maximum absolute atomic E-state index is 14.8. The van der Waals surface area contributed by atoms with E-state index >= 15 is 0 Å². The van der Waals surface area contributed by atoms with Gasteiger partial charge in [0.05, 0.1) is 23.2 Å². The highest BCUT2D eigenvalue weighted by Crippen LogP contribution is 2.53. The van der Waals surface area contributed by atoms with E-state index in [-0.39, 0.29) is 41.3 Å². The number of nitrogens with zero attached hydrogens (tertiary/aromatic N) is 2. The molecule has 1 unspecified atom stereocenters. The second-order valence-electron chi connectivity index (χ2n) is 10.3. The lowest BCUT2D eigenvalue weighted by Gasteiger charge is -2.34. The first-order chi connectivity index (χ1) is 19.4. The third-order valence-electron chi connectivity index (χ3n) is 7.84. The minimum Gasteiger partial charge on any atom is -0.450 e. The fraction of sp³-hybridized carbons (Fsp3) is 0.121. The molecule has 2 aliphatic rings. The van der Waals surface area contributed by atoms with Crippen molar-refractivity contribution in [1.29, 1.82) is 0 Å². The second kappa shape index (κ2) is 8.93. The maximum Gasteiger partial charge on any atom is 0.291 e. The molecule has 6 nitrogen and oxygen atoms in total. The van der Waals surface area contributed by atoms with Crippen LogP contribution in [0.2, 0.25) is 5.02 Å². The number of anilines is 1. The first-order valence-electron chi connectivity index (χ1n) is 13.0. The summed E-state index contributed by atoms with van der Waals surface area (Å²) in [5, 5.41) is 0.584. The fourth-order valence-corrected chi connectivity index (χ4v) is 6.16. The number of carbonyl (C=O) groups excluding carboxylic acids is 2. The Morgan fingerprint density at radius 3 is 2.27 bits per heavy atom. The lowest BCUT2D eigenvalue weighted by molar-refractivity contribution is -0.126. The zero-order valence-corrected chi connectivity index (χ0v) is 22.3. The maximum atomic E-state index is 14.8. The van der Waals surface area contributed by atoms with Gasteiger partial charge in [0.2, 0.25) is 5.76 Å². The summed E-state index contributed by atoms with van der Waals surface area (Å²) in [5.74, 6) is -0.991. The molecule has 3 heterocycles. The first-order valence-corrected chi connectivity index (χ1v) is 13.4. The molecular formula is C33H23ClN2O4. The molecule has 7 rings (SSSR count). The predicted molar refractivity (Wildman–Crippen MR) is 153 cm³/mol. The molecule has 4 aromatic carbocycles. The van der Waals surface area contributed by atoms with Crippen LogP contribution in [0.15, 0.2) is 106 Å². The third kappa shape index (κ3) is 3.39. The Bertz CT molecular complexity index is 1900. The number of aryl methyl sites for hydroxylation is 1. The normalized spacial score (nSPS) is 17.6. The molecule has 5 aromatic rings. The summed E-state index contributed by atoms with van der Waals surface area (Å²) >= 11 is 6.26. The molecule has 0 fully saturated rings. The molecule has 40 heavy (non-hydrogen) atoms. The first kappa shape index (κ1) is 24.4. The van der Waals surface area contributed by atoms with Crippen molar-refractivity contribution >= 4 is 40.1 Å². The van der Waals surface area contributed by atoms with Crippen LogP contribution >= 0.6 is 11.6 Å². The largest absolute Gasteiger partial charge is 0.450 e. The number of rotatable bonds is 4. The molecule has 1 atom stereocenters. The number of hydrogen-bond acceptors (Lipinski definition) is 4. The summed E-state index contributed by atoms with van der Waals surface area (Å²) in [6.45, 7) is 2.40. The number of benzene rings is 4. The van der Waals surface area contributed by atoms with Gasteiger partial charge in [0.25, 0.3) is 11.8 Å². The van der Waals surface area contributed by atoms with Gasteiger partial charge in [-0.2, -0.15) is 0 Å². The van der Waals surface area contributed by atoms with Crippen molar-refractivity contribution < 1.29 is 14.0 Å². The lowest BCUT2D eigenvalue weighted by Crippen LogP contribution is -2.52. The molecule has 2 amide bonds. The summed E-state index contributed by atoms with van der Waals surface area (Å²) in [7, 11) is 0. The molecule has 0 bridgehead atoms. The molecule has 7 heteroatoms. The summed E-state index contributed by atoms with van der Waals surface area (Å²) in [5.41, 5.74) is 2.24. The molecule has 2 aliphatic heterocycles. The van der Waals surface area contributed by atoms with Crippen LogP contribution in [0.1, 0.15) is 38.4 Å². The Morgan fingerprint density at radius 2 is 1.50 bits per heavy atom. The van der Waals surface area contributed by atoms with E-state index in [1.807, 2.05) is 85.8 Å². The summed E-state index contributed by atoms with van der Waals surface area (Å²) in [6, 6.07) is 29.5. The molecule has 0 saturated carbocycles. The zero-order valence-electron chi connectivity index (χ0n) is 21.6. The van der Waals surface area contributed by atoms with Gasteiger partial charge in [-0.25, -0.2) is 0 Å². The Kier molecular flexibility index (Phi) is 5.44. The van der Waals surface area contributed by atoms with Crippen molar-refractivity contribution in [2.24, 2.45) is 0 Å². The molecule has 1 aromatic heterocycles. The van der Waals surface area contributed by atoms with E-state index in [0.717, 1.165) is 16.7 Å². The summed E-state index contributed by atoms with van der Waals surface area (Å²) in [6.07, 6.45) is 0. The number of amides is 2. The minimum atomic E-state index is -1.69. The zero-order chi connectivity index (χ0) is 27.6. The standard InChI is InChI=1S/C33H23ClN2O4/c1-20-11-13-22(14-12-20)18-35-26-10-6-5-9-25(26)33(32(35)39)28-29(37)24-17-23(34)15-16-27(24)40-30(28)31(38)36(33)19-21-7-3-2-4-8-21/h2-17H,18-19H2,1H3. The summed E-state index contributed by atoms with van der Waals surface area (Å²) in [4.78, 5) is 46.5. The Morgan fingerprint density at radius 1 is 0.800 bits per heavy atom. The SMILES string of the molecule is Cc1ccc(CN2C(=O)C3(c4ccccc42)c2c(oc4ccc(Cl)cc4c2=O)C(=O)N3Cc2ccccc2)cc1. The van der Waals surface area contributed by atoms with Crippen molar-refractivity contribution in [1.82, 2.24) is 4.90 Å². The van der Waals surface area contributed by atoms with Gasteiger partial charge < -0.3 is 14.2 Å². The number of para-hydroxylation sites is 1. The molecule has 196 valence electrons. The highest BCUT2D eigenvalue weighted by atomic mass is 35.5. The highest BCUT2D eigenvalue weighted by Gasteiger charge is 2.64. The molecule has 0 aliphatic carbocycles. The Labute approximate surface area is 235 Å². The average Bonchev–Trinajstić information content (AvgIpc) is 3.35. The van der Waals surface area contributed by atoms with E-state index in [4.69, 9.17) is 16.0 Å². The summed E-state index contributed by atoms with van der Waals surface area (Å²) < 4.78 is 6.12. The fourth-order valence-electron chi connectivity index (χ4n) is 5.98. The number of halogens is 1. The van der Waals surface area contributed by atoms with Crippen LogP contribution < -0.4 is 10.3 Å². The number of fused-ring (bicyclic) bond motifs is 5. The van der Waals surface area contributed by atoms with Crippen molar-refractivity contribution in [3.05, 3.63) is 146 Å². The van der Waals surface area contributed by atoms with E-state index < -0.39 is 16.9 Å². The van der Waals surface area contributed by atoms with Crippen LogP contribution in [0, 0.1) is 6.92 Å². The van der Waals surface area contributed by atoms with E-state index in [1.54, 1.807) is 17.0 Å². The van der Waals surface area contributed by atoms with E-state index in [0.29, 0.717) is 16.3 Å². The second-order valence-corrected chi connectivity index (χ2v) is 10.7. The van der Waals surface area contributed by atoms with Gasteiger partial charge in [-0.15, -0.1) is 0 Å². The molecule has 0 radical (unpaired) electrons. The minimum absolute atomic E-state index is 0.0343. The lowest BCUT2D eigenvalue weighted by atomic mass is 9.83. The molecule has 1 spiro atoms. The van der Waals surface area contributed by atoms with Crippen molar-refractivity contribution in [2.45, 2.75) is 25.6 Å². The van der Waals surface area contributed by atoms with E-state index in [1.165, 1.54) is 11.0 Å². The van der Waals surface area contributed by atoms with Crippen LogP contribution in [0.4, 0.5) is 5.69 Å². The van der Waals surface area contributed by atoms with Gasteiger partial charge in [-0.1, -0.05) is 90.0 Å². The van der Waals surface area contributed by atoms with Gasteiger partial charge in [-0.05, 0) is 42.3 Å². The third-order valence-corrected chi connectivity index (χ3v) is 8.08. The average molecular weight is 547 g/mol. The van der Waals surface area contributed by atoms with Crippen LogP contribution in [-0.2, 0) is 23.4 Å². The van der Waals surface area contributed by atoms with Gasteiger partial charge >= 0.3 is 0 Å². The molecular weight excluding hydrogens is 524 g/mol. The number of carbonyl (C=O) groups is 2. The van der Waals surface area contributed by atoms with Gasteiger partial charge in [0, 0.05) is 17.1 Å². The number of hydrogen-bond donors (Lipinski definition) is 0. The Balaban J connectivity index is 1.51. The van der Waals surface area contributed by atoms with Crippen molar-refractivity contribution in [3.8, 4) is 0 Å². The predicted octanol–water partition coefficient (Wildman–Crippen LogP) is 6.20. The topological polar surface area (TPSA) is 70.8 Å². The van der Waals surface area contributed by atoms with Crippen molar-refractivity contribution in [3.63, 3.8) is 0 Å². The highest BCUT2D eigenvalue weighted by molar-refractivity contribution is 6.31. The van der Waals surface area contributed by atoms with Gasteiger partial charge in [0.15, 0.2) is 11.0 Å². The van der Waals surface area contributed by atoms with Crippen LogP contribution in [0.25, 0.3) is 11.0 Å². The molecule has 0 saturated heterocycles. The van der Waals surface area contributed by atoms with Crippen LogP contribution in [0.3, 0.4) is 0 Å². The van der Waals surface area contributed by atoms with E-state index in [9.17, 15) is 14.4 Å². The molecule has 0 N–H and O–H groups in total. The quantitative estimate of drug-likeness (QED) is 0.269. The van der Waals surface area contributed by atoms with Crippen molar-refractivity contribution in [2.75, 3.05) is 4.90 Å². The van der Waals surface area contributed by atoms with Crippen LogP contribution in [0.5, 0.6) is 0 Å². The van der Waals surface area contributed by atoms with Gasteiger partial charge in [-0.3, -0.25) is 14.4 Å². The van der Waals surface area contributed by atoms with E-state index in [2.05, 4.69) is 0 Å².